The molecule has 0 aliphatic heterocycles. The highest BCUT2D eigenvalue weighted by atomic mass is 16.5. The van der Waals surface area contributed by atoms with Gasteiger partial charge in [-0.15, -0.1) is 0 Å². The number of unbranched alkanes of at least 4 members (excludes halogenated alkanes) is 3. The molecule has 5 heteroatoms. The van der Waals surface area contributed by atoms with Gasteiger partial charge in [0.25, 0.3) is 0 Å². The molecule has 5 N–H and O–H groups in total. The van der Waals surface area contributed by atoms with Gasteiger partial charge in [0.1, 0.15) is 0 Å². The van der Waals surface area contributed by atoms with E-state index in [1.165, 1.54) is 12.8 Å². The Labute approximate surface area is 110 Å². The van der Waals surface area contributed by atoms with E-state index in [-0.39, 0.29) is 32.7 Å². The molecular weight excluding hydrogens is 234 g/mol. The zero-order valence-corrected chi connectivity index (χ0v) is 11.5. The molecule has 0 aliphatic rings. The van der Waals surface area contributed by atoms with Crippen molar-refractivity contribution in [3.63, 3.8) is 0 Å². The smallest absolute Gasteiger partial charge is 0.0954 e. The van der Waals surface area contributed by atoms with E-state index in [1.54, 1.807) is 0 Å². The largest absolute Gasteiger partial charge is 0.396 e. The highest BCUT2D eigenvalue weighted by Gasteiger charge is 2.32. The van der Waals surface area contributed by atoms with Crippen LogP contribution in [0.5, 0.6) is 0 Å². The number of rotatable bonds is 12. The van der Waals surface area contributed by atoms with Crippen molar-refractivity contribution < 1.29 is 20.1 Å². The van der Waals surface area contributed by atoms with Gasteiger partial charge in [0.2, 0.25) is 0 Å². The average Bonchev–Trinajstić information content (AvgIpc) is 2.34. The van der Waals surface area contributed by atoms with Gasteiger partial charge in [-0.05, 0) is 19.3 Å². The SMILES string of the molecule is CCCCCCOCC(O)C(N)(CCO)CCO. The third-order valence-corrected chi connectivity index (χ3v) is 3.24. The summed E-state index contributed by atoms with van der Waals surface area (Å²) in [6.45, 7) is 2.71. The Morgan fingerprint density at radius 2 is 1.72 bits per heavy atom. The zero-order valence-electron chi connectivity index (χ0n) is 11.5. The van der Waals surface area contributed by atoms with Gasteiger partial charge in [0, 0.05) is 25.4 Å². The van der Waals surface area contributed by atoms with Gasteiger partial charge in [0.05, 0.1) is 12.7 Å². The monoisotopic (exact) mass is 263 g/mol. The quantitative estimate of drug-likeness (QED) is 0.382. The molecule has 0 heterocycles. The van der Waals surface area contributed by atoms with Gasteiger partial charge in [-0.1, -0.05) is 26.2 Å². The van der Waals surface area contributed by atoms with Gasteiger partial charge in [-0.2, -0.15) is 0 Å². The van der Waals surface area contributed by atoms with E-state index >= 15 is 0 Å². The number of ether oxygens (including phenoxy) is 1. The summed E-state index contributed by atoms with van der Waals surface area (Å²) in [5, 5.41) is 27.8. The number of aliphatic hydroxyl groups excluding tert-OH is 3. The van der Waals surface area contributed by atoms with Gasteiger partial charge >= 0.3 is 0 Å². The molecular formula is C13H29NO4. The zero-order chi connectivity index (χ0) is 13.9. The molecule has 0 rings (SSSR count). The van der Waals surface area contributed by atoms with Crippen molar-refractivity contribution >= 4 is 0 Å². The Morgan fingerprint density at radius 1 is 1.11 bits per heavy atom. The lowest BCUT2D eigenvalue weighted by Gasteiger charge is -2.33. The fourth-order valence-electron chi connectivity index (χ4n) is 1.87. The Balaban J connectivity index is 3.84. The van der Waals surface area contributed by atoms with Gasteiger partial charge in [0.15, 0.2) is 0 Å². The molecule has 0 saturated carbocycles. The fourth-order valence-corrected chi connectivity index (χ4v) is 1.87. The average molecular weight is 263 g/mol. The molecule has 0 fully saturated rings. The molecule has 0 bridgehead atoms. The first kappa shape index (κ1) is 17.8. The highest BCUT2D eigenvalue weighted by Crippen LogP contribution is 2.17. The van der Waals surface area contributed by atoms with Crippen LogP contribution < -0.4 is 5.73 Å². The Bertz CT molecular complexity index is 184. The molecule has 0 aromatic heterocycles. The third kappa shape index (κ3) is 7.28. The maximum atomic E-state index is 9.96. The highest BCUT2D eigenvalue weighted by molar-refractivity contribution is 4.91. The molecule has 1 atom stereocenters. The minimum Gasteiger partial charge on any atom is -0.396 e. The second kappa shape index (κ2) is 10.7. The Kier molecular flexibility index (Phi) is 10.6. The van der Waals surface area contributed by atoms with Crippen LogP contribution in [0, 0.1) is 0 Å². The van der Waals surface area contributed by atoms with Crippen LogP contribution in [0.3, 0.4) is 0 Å². The van der Waals surface area contributed by atoms with Gasteiger partial charge in [-0.25, -0.2) is 0 Å². The molecule has 18 heavy (non-hydrogen) atoms. The molecule has 110 valence electrons. The standard InChI is InChI=1S/C13H29NO4/c1-2-3-4-5-10-18-11-12(17)13(14,6-8-15)7-9-16/h12,15-17H,2-11,14H2,1H3. The van der Waals surface area contributed by atoms with Crippen molar-refractivity contribution in [3.8, 4) is 0 Å². The molecule has 0 amide bonds. The van der Waals surface area contributed by atoms with E-state index in [2.05, 4.69) is 6.92 Å². The van der Waals surface area contributed by atoms with E-state index in [0.29, 0.717) is 6.61 Å². The molecule has 0 spiro atoms. The van der Waals surface area contributed by atoms with Crippen LogP contribution in [-0.2, 0) is 4.74 Å². The molecule has 0 aliphatic carbocycles. The number of aliphatic hydroxyl groups is 3. The van der Waals surface area contributed by atoms with Crippen LogP contribution in [0.2, 0.25) is 0 Å². The molecule has 1 unspecified atom stereocenters. The maximum absolute atomic E-state index is 9.96. The van der Waals surface area contributed by atoms with E-state index in [1.807, 2.05) is 0 Å². The Hall–Kier alpha value is -0.200. The predicted molar refractivity (Wildman–Crippen MR) is 71.3 cm³/mol. The first-order valence-electron chi connectivity index (χ1n) is 6.87. The Morgan fingerprint density at radius 3 is 2.22 bits per heavy atom. The summed E-state index contributed by atoms with van der Waals surface area (Å²) in [7, 11) is 0. The van der Waals surface area contributed by atoms with E-state index in [4.69, 9.17) is 20.7 Å². The topological polar surface area (TPSA) is 95.9 Å². The van der Waals surface area contributed by atoms with Crippen LogP contribution >= 0.6 is 0 Å². The predicted octanol–water partition coefficient (Wildman–Crippen LogP) is 0.407. The van der Waals surface area contributed by atoms with Gasteiger partial charge in [-0.3, -0.25) is 0 Å². The van der Waals surface area contributed by atoms with Crippen LogP contribution in [-0.4, -0.2) is 53.4 Å². The van der Waals surface area contributed by atoms with Crippen molar-refractivity contribution in [1.29, 1.82) is 0 Å². The maximum Gasteiger partial charge on any atom is 0.0954 e. The van der Waals surface area contributed by atoms with Crippen molar-refractivity contribution in [2.45, 2.75) is 57.1 Å². The van der Waals surface area contributed by atoms with Crippen molar-refractivity contribution in [2.24, 2.45) is 5.73 Å². The molecule has 0 aromatic carbocycles. The number of nitrogens with two attached hydrogens (primary N) is 1. The normalized spacial score (nSPS) is 13.8. The molecule has 0 aromatic rings. The van der Waals surface area contributed by atoms with Crippen LogP contribution in [0.4, 0.5) is 0 Å². The summed E-state index contributed by atoms with van der Waals surface area (Å²) in [5.74, 6) is 0. The van der Waals surface area contributed by atoms with Gasteiger partial charge < -0.3 is 25.8 Å². The summed E-state index contributed by atoms with van der Waals surface area (Å²) in [5.41, 5.74) is 5.01. The van der Waals surface area contributed by atoms with E-state index in [0.717, 1.165) is 12.8 Å². The second-order valence-corrected chi connectivity index (χ2v) is 4.83. The molecule has 0 saturated heterocycles. The first-order valence-corrected chi connectivity index (χ1v) is 6.87. The molecule has 0 radical (unpaired) electrons. The molecule has 5 nitrogen and oxygen atoms in total. The number of hydrogen-bond acceptors (Lipinski definition) is 5. The minimum atomic E-state index is -0.965. The lowest BCUT2D eigenvalue weighted by Crippen LogP contribution is -2.54. The fraction of sp³-hybridized carbons (Fsp3) is 1.00. The summed E-state index contributed by atoms with van der Waals surface area (Å²) in [6.07, 6.45) is 4.15. The third-order valence-electron chi connectivity index (χ3n) is 3.24. The lowest BCUT2D eigenvalue weighted by molar-refractivity contribution is -0.0217. The number of hydrogen-bond donors (Lipinski definition) is 4. The minimum absolute atomic E-state index is 0.107. The van der Waals surface area contributed by atoms with Crippen LogP contribution in [0.15, 0.2) is 0 Å². The van der Waals surface area contributed by atoms with Crippen molar-refractivity contribution in [1.82, 2.24) is 0 Å². The lowest BCUT2D eigenvalue weighted by atomic mass is 9.87. The van der Waals surface area contributed by atoms with E-state index < -0.39 is 11.6 Å². The summed E-state index contributed by atoms with van der Waals surface area (Å²) in [4.78, 5) is 0. The summed E-state index contributed by atoms with van der Waals surface area (Å²) < 4.78 is 5.39. The summed E-state index contributed by atoms with van der Waals surface area (Å²) in [6, 6.07) is 0. The van der Waals surface area contributed by atoms with Crippen molar-refractivity contribution in [3.05, 3.63) is 0 Å². The summed E-state index contributed by atoms with van der Waals surface area (Å²) >= 11 is 0. The van der Waals surface area contributed by atoms with E-state index in [9.17, 15) is 5.11 Å². The van der Waals surface area contributed by atoms with Crippen molar-refractivity contribution in [2.75, 3.05) is 26.4 Å². The first-order chi connectivity index (χ1) is 8.60. The van der Waals surface area contributed by atoms with Crippen LogP contribution in [0.1, 0.15) is 45.4 Å². The van der Waals surface area contributed by atoms with Crippen LogP contribution in [0.25, 0.3) is 0 Å². The second-order valence-electron chi connectivity index (χ2n) is 4.83.